The van der Waals surface area contributed by atoms with Crippen LogP contribution < -0.4 is 20.1 Å². The summed E-state index contributed by atoms with van der Waals surface area (Å²) in [6.45, 7) is 4.42. The van der Waals surface area contributed by atoms with E-state index in [4.69, 9.17) is 21.7 Å². The van der Waals surface area contributed by atoms with Crippen LogP contribution in [-0.2, 0) is 0 Å². The van der Waals surface area contributed by atoms with Crippen molar-refractivity contribution in [3.8, 4) is 17.2 Å². The van der Waals surface area contributed by atoms with Gasteiger partial charge in [-0.2, -0.15) is 4.80 Å². The van der Waals surface area contributed by atoms with Gasteiger partial charge >= 0.3 is 0 Å². The third-order valence-corrected chi connectivity index (χ3v) is 5.59. The minimum atomic E-state index is -0.374. The summed E-state index contributed by atoms with van der Waals surface area (Å²) in [7, 11) is 1.53. The van der Waals surface area contributed by atoms with Crippen molar-refractivity contribution in [1.29, 1.82) is 0 Å². The third kappa shape index (κ3) is 5.18. The average Bonchev–Trinajstić information content (AvgIpc) is 3.22. The number of carbonyl (C=O) groups is 1. The number of aromatic nitrogens is 3. The number of hydrogen-bond donors (Lipinski definition) is 2. The highest BCUT2D eigenvalue weighted by Crippen LogP contribution is 2.28. The second kappa shape index (κ2) is 10.2. The van der Waals surface area contributed by atoms with Gasteiger partial charge in [0, 0.05) is 10.2 Å². The number of nitrogens with zero attached hydrogens (tertiary/aromatic N) is 3. The Bertz CT molecular complexity index is 1370. The van der Waals surface area contributed by atoms with Gasteiger partial charge in [-0.25, -0.2) is 0 Å². The first kappa shape index (κ1) is 23.7. The lowest BCUT2D eigenvalue weighted by atomic mass is 10.1. The number of aryl methyl sites for hydroxylation is 1. The SMILES string of the molecule is CCOc1ccc(-n2nc3ccc(NC(=S)NC(=O)c4cc(Br)cc(C)c4OC)cc3n2)cc1. The molecule has 4 rings (SSSR count). The van der Waals surface area contributed by atoms with Gasteiger partial charge in [0.1, 0.15) is 22.5 Å². The second-order valence-electron chi connectivity index (χ2n) is 7.33. The van der Waals surface area contributed by atoms with Gasteiger partial charge in [-0.05, 0) is 86.2 Å². The molecule has 0 saturated heterocycles. The van der Waals surface area contributed by atoms with Crippen LogP contribution in [0.25, 0.3) is 16.7 Å². The Morgan fingerprint density at radius 1 is 1.09 bits per heavy atom. The summed E-state index contributed by atoms with van der Waals surface area (Å²) in [5, 5.41) is 14.9. The number of fused-ring (bicyclic) bond motifs is 1. The molecule has 0 radical (unpaired) electrons. The number of nitrogens with one attached hydrogen (secondary N) is 2. The zero-order valence-corrected chi connectivity index (χ0v) is 21.2. The summed E-state index contributed by atoms with van der Waals surface area (Å²) in [4.78, 5) is 14.4. The summed E-state index contributed by atoms with van der Waals surface area (Å²) in [5.74, 6) is 0.915. The number of methoxy groups -OCH3 is 1. The molecule has 10 heteroatoms. The topological polar surface area (TPSA) is 90.3 Å². The number of amides is 1. The molecule has 0 aliphatic carbocycles. The minimum absolute atomic E-state index is 0.155. The molecule has 1 heterocycles. The van der Waals surface area contributed by atoms with E-state index in [9.17, 15) is 4.79 Å². The first-order valence-corrected chi connectivity index (χ1v) is 11.6. The van der Waals surface area contributed by atoms with Gasteiger partial charge in [-0.1, -0.05) is 15.9 Å². The molecule has 1 aromatic heterocycles. The monoisotopic (exact) mass is 539 g/mol. The van der Waals surface area contributed by atoms with Gasteiger partial charge in [0.05, 0.1) is 25.0 Å². The highest BCUT2D eigenvalue weighted by atomic mass is 79.9. The van der Waals surface area contributed by atoms with Crippen LogP contribution in [-0.4, -0.2) is 39.7 Å². The second-order valence-corrected chi connectivity index (χ2v) is 8.66. The van der Waals surface area contributed by atoms with Crippen LogP contribution in [0.1, 0.15) is 22.8 Å². The van der Waals surface area contributed by atoms with Crippen molar-refractivity contribution in [2.24, 2.45) is 0 Å². The highest BCUT2D eigenvalue weighted by Gasteiger charge is 2.17. The van der Waals surface area contributed by atoms with E-state index in [2.05, 4.69) is 36.8 Å². The van der Waals surface area contributed by atoms with Gasteiger partial charge in [-0.15, -0.1) is 10.2 Å². The Kier molecular flexibility index (Phi) is 7.09. The molecule has 1 amide bonds. The van der Waals surface area contributed by atoms with Gasteiger partial charge in [0.2, 0.25) is 0 Å². The summed E-state index contributed by atoms with van der Waals surface area (Å²) in [6.07, 6.45) is 0. The number of carbonyl (C=O) groups excluding carboxylic acids is 1. The lowest BCUT2D eigenvalue weighted by Gasteiger charge is -2.13. The van der Waals surface area contributed by atoms with E-state index >= 15 is 0 Å². The van der Waals surface area contributed by atoms with Crippen molar-refractivity contribution >= 4 is 55.9 Å². The maximum absolute atomic E-state index is 12.8. The summed E-state index contributed by atoms with van der Waals surface area (Å²) in [5.41, 5.74) is 4.11. The Hall–Kier alpha value is -3.50. The molecular weight excluding hydrogens is 518 g/mol. The number of anilines is 1. The molecule has 4 aromatic rings. The summed E-state index contributed by atoms with van der Waals surface area (Å²) < 4.78 is 11.6. The molecule has 0 spiro atoms. The Balaban J connectivity index is 1.48. The Morgan fingerprint density at radius 3 is 2.53 bits per heavy atom. The molecule has 0 unspecified atom stereocenters. The van der Waals surface area contributed by atoms with Gasteiger partial charge < -0.3 is 14.8 Å². The number of ether oxygens (including phenoxy) is 2. The van der Waals surface area contributed by atoms with Crippen LogP contribution >= 0.6 is 28.1 Å². The van der Waals surface area contributed by atoms with Crippen molar-refractivity contribution in [3.05, 3.63) is 70.2 Å². The molecule has 0 aliphatic heterocycles. The van der Waals surface area contributed by atoms with Crippen molar-refractivity contribution in [3.63, 3.8) is 0 Å². The van der Waals surface area contributed by atoms with Crippen LogP contribution in [0.5, 0.6) is 11.5 Å². The fourth-order valence-corrected chi connectivity index (χ4v) is 4.24. The van der Waals surface area contributed by atoms with E-state index in [0.717, 1.165) is 27.0 Å². The first-order valence-electron chi connectivity index (χ1n) is 10.4. The maximum Gasteiger partial charge on any atom is 0.261 e. The standard InChI is InChI=1S/C24H22BrN5O3S/c1-4-33-18-8-6-17(7-9-18)30-28-20-10-5-16(13-21(20)29-30)26-24(34)27-23(31)19-12-15(25)11-14(2)22(19)32-3/h5-13H,4H2,1-3H3,(H2,26,27,31,34). The molecule has 0 aliphatic rings. The van der Waals surface area contributed by atoms with E-state index in [1.54, 1.807) is 10.9 Å². The normalized spacial score (nSPS) is 10.7. The molecule has 0 bridgehead atoms. The van der Waals surface area contributed by atoms with Crippen LogP contribution in [0.15, 0.2) is 59.1 Å². The van der Waals surface area contributed by atoms with Crippen LogP contribution in [0.4, 0.5) is 5.69 Å². The molecule has 0 saturated carbocycles. The van der Waals surface area contributed by atoms with E-state index < -0.39 is 0 Å². The Labute approximate surface area is 210 Å². The smallest absolute Gasteiger partial charge is 0.261 e. The first-order chi connectivity index (χ1) is 16.4. The van der Waals surface area contributed by atoms with E-state index in [0.29, 0.717) is 29.1 Å². The van der Waals surface area contributed by atoms with Crippen LogP contribution in [0.2, 0.25) is 0 Å². The molecule has 2 N–H and O–H groups in total. The number of rotatable bonds is 6. The molecule has 0 fully saturated rings. The predicted octanol–water partition coefficient (Wildman–Crippen LogP) is 5.03. The molecule has 174 valence electrons. The summed E-state index contributed by atoms with van der Waals surface area (Å²) >= 11 is 8.76. The molecule has 8 nitrogen and oxygen atoms in total. The van der Waals surface area contributed by atoms with Crippen molar-refractivity contribution in [2.45, 2.75) is 13.8 Å². The van der Waals surface area contributed by atoms with Crippen molar-refractivity contribution in [1.82, 2.24) is 20.3 Å². The fraction of sp³-hybridized carbons (Fsp3) is 0.167. The van der Waals surface area contributed by atoms with E-state index in [1.165, 1.54) is 7.11 Å². The van der Waals surface area contributed by atoms with Crippen molar-refractivity contribution in [2.75, 3.05) is 19.0 Å². The molecule has 0 atom stereocenters. The van der Waals surface area contributed by atoms with Gasteiger partial charge in [-0.3, -0.25) is 10.1 Å². The highest BCUT2D eigenvalue weighted by molar-refractivity contribution is 9.10. The Morgan fingerprint density at radius 2 is 1.82 bits per heavy atom. The number of thiocarbonyl (C=S) groups is 1. The van der Waals surface area contributed by atoms with Crippen LogP contribution in [0.3, 0.4) is 0 Å². The van der Waals surface area contributed by atoms with Crippen LogP contribution in [0, 0.1) is 6.92 Å². The quantitative estimate of drug-likeness (QED) is 0.332. The van der Waals surface area contributed by atoms with E-state index in [-0.39, 0.29) is 11.0 Å². The average molecular weight is 540 g/mol. The largest absolute Gasteiger partial charge is 0.496 e. The predicted molar refractivity (Wildman–Crippen MR) is 139 cm³/mol. The third-order valence-electron chi connectivity index (χ3n) is 4.93. The van der Waals surface area contributed by atoms with E-state index in [1.807, 2.05) is 62.4 Å². The lowest BCUT2D eigenvalue weighted by molar-refractivity contribution is 0.0974. The van der Waals surface area contributed by atoms with Gasteiger partial charge in [0.15, 0.2) is 5.11 Å². The lowest BCUT2D eigenvalue weighted by Crippen LogP contribution is -2.34. The zero-order chi connectivity index (χ0) is 24.2. The minimum Gasteiger partial charge on any atom is -0.496 e. The molecule has 34 heavy (non-hydrogen) atoms. The zero-order valence-electron chi connectivity index (χ0n) is 18.8. The number of benzene rings is 3. The number of halogens is 1. The number of hydrogen-bond acceptors (Lipinski definition) is 6. The fourth-order valence-electron chi connectivity index (χ4n) is 3.45. The molecule has 3 aromatic carbocycles. The summed E-state index contributed by atoms with van der Waals surface area (Å²) in [6, 6.07) is 16.6. The van der Waals surface area contributed by atoms with Crippen molar-refractivity contribution < 1.29 is 14.3 Å². The molecular formula is C24H22BrN5O3S. The van der Waals surface area contributed by atoms with Gasteiger partial charge in [0.25, 0.3) is 5.91 Å². The maximum atomic E-state index is 12.8.